The molecule has 0 aliphatic rings. The Balaban J connectivity index is 2.28. The third-order valence-corrected chi connectivity index (χ3v) is 2.55. The van der Waals surface area contributed by atoms with E-state index in [1.54, 1.807) is 12.1 Å². The van der Waals surface area contributed by atoms with Crippen molar-refractivity contribution >= 4 is 0 Å². The smallest absolute Gasteiger partial charge is 0.137 e. The molecule has 0 radical (unpaired) electrons. The third kappa shape index (κ3) is 5.20. The summed E-state index contributed by atoms with van der Waals surface area (Å²) in [5.74, 6) is 1.26. The number of benzene rings is 1. The molecule has 0 aliphatic heterocycles. The number of hydrogen-bond acceptors (Lipinski definition) is 3. The highest BCUT2D eigenvalue weighted by molar-refractivity contribution is 5.42. The zero-order valence-corrected chi connectivity index (χ0v) is 11.3. The molecule has 18 heavy (non-hydrogen) atoms. The molecule has 0 aromatic heterocycles. The Labute approximate surface area is 109 Å². The van der Waals surface area contributed by atoms with Crippen molar-refractivity contribution in [1.29, 1.82) is 5.26 Å². The molecule has 0 bridgehead atoms. The number of nitrogens with zero attached hydrogens (tertiary/aromatic N) is 1. The van der Waals surface area contributed by atoms with Gasteiger partial charge < -0.3 is 9.47 Å². The van der Waals surface area contributed by atoms with E-state index in [-0.39, 0.29) is 6.10 Å². The van der Waals surface area contributed by atoms with Gasteiger partial charge in [0.05, 0.1) is 18.3 Å². The van der Waals surface area contributed by atoms with Crippen LogP contribution >= 0.6 is 0 Å². The van der Waals surface area contributed by atoms with Crippen LogP contribution in [0.2, 0.25) is 0 Å². The molecule has 1 atom stereocenters. The first-order chi connectivity index (χ1) is 8.63. The summed E-state index contributed by atoms with van der Waals surface area (Å²) in [6, 6.07) is 9.34. The van der Waals surface area contributed by atoms with Crippen molar-refractivity contribution in [1.82, 2.24) is 0 Å². The molecule has 1 aromatic carbocycles. The minimum atomic E-state index is 0.250. The van der Waals surface area contributed by atoms with E-state index in [1.807, 2.05) is 12.1 Å². The minimum Gasteiger partial charge on any atom is -0.490 e. The van der Waals surface area contributed by atoms with Gasteiger partial charge in [-0.2, -0.15) is 5.26 Å². The highest BCUT2D eigenvalue weighted by Gasteiger charge is 2.05. The van der Waals surface area contributed by atoms with Gasteiger partial charge in [-0.3, -0.25) is 0 Å². The lowest BCUT2D eigenvalue weighted by atomic mass is 10.1. The Morgan fingerprint density at radius 1 is 1.17 bits per heavy atom. The molecule has 0 aliphatic carbocycles. The largest absolute Gasteiger partial charge is 0.490 e. The summed E-state index contributed by atoms with van der Waals surface area (Å²) in [5.41, 5.74) is 0.563. The van der Waals surface area contributed by atoms with Crippen molar-refractivity contribution in [2.45, 2.75) is 33.3 Å². The van der Waals surface area contributed by atoms with Gasteiger partial charge in [0.2, 0.25) is 0 Å². The Bertz CT molecular complexity index is 396. The van der Waals surface area contributed by atoms with E-state index in [0.717, 1.165) is 6.42 Å². The highest BCUT2D eigenvalue weighted by atomic mass is 16.5. The number of hydrogen-bond donors (Lipinski definition) is 0. The van der Waals surface area contributed by atoms with E-state index in [9.17, 15) is 0 Å². The summed E-state index contributed by atoms with van der Waals surface area (Å²) in [6.45, 7) is 7.46. The van der Waals surface area contributed by atoms with E-state index in [2.05, 4.69) is 26.8 Å². The minimum absolute atomic E-state index is 0.250. The van der Waals surface area contributed by atoms with Crippen molar-refractivity contribution in [3.63, 3.8) is 0 Å². The molecule has 3 nitrogen and oxygen atoms in total. The maximum atomic E-state index is 8.90. The van der Waals surface area contributed by atoms with Crippen LogP contribution in [0, 0.1) is 17.2 Å². The van der Waals surface area contributed by atoms with Crippen LogP contribution in [0.4, 0.5) is 0 Å². The molecule has 3 heteroatoms. The number of ether oxygens (including phenoxy) is 2. The molecule has 1 rings (SSSR count). The molecule has 0 heterocycles. The normalized spacial score (nSPS) is 12.2. The summed E-state index contributed by atoms with van der Waals surface area (Å²) >= 11 is 0. The molecule has 98 valence electrons. The van der Waals surface area contributed by atoms with Crippen LogP contribution in [0.1, 0.15) is 32.8 Å². The standard InChI is InChI=1S/C15H21NO2/c1-12(2)10-13(3)17-8-9-18-15-7-5-4-6-14(15)11-16/h4-7,12-13H,8-10H2,1-3H3. The number of rotatable bonds is 7. The second-order valence-corrected chi connectivity index (χ2v) is 4.77. The van der Waals surface area contributed by atoms with Crippen LogP contribution in [-0.4, -0.2) is 19.3 Å². The van der Waals surface area contributed by atoms with Crippen molar-refractivity contribution in [2.75, 3.05) is 13.2 Å². The van der Waals surface area contributed by atoms with E-state index >= 15 is 0 Å². The fourth-order valence-corrected chi connectivity index (χ4v) is 1.82. The van der Waals surface area contributed by atoms with Gasteiger partial charge in [0, 0.05) is 0 Å². The van der Waals surface area contributed by atoms with Crippen LogP contribution < -0.4 is 4.74 Å². The first-order valence-corrected chi connectivity index (χ1v) is 6.37. The lowest BCUT2D eigenvalue weighted by molar-refractivity contribution is 0.0331. The Morgan fingerprint density at radius 3 is 2.56 bits per heavy atom. The van der Waals surface area contributed by atoms with Crippen molar-refractivity contribution in [3.05, 3.63) is 29.8 Å². The second kappa shape index (κ2) is 7.73. The van der Waals surface area contributed by atoms with Gasteiger partial charge in [0.15, 0.2) is 0 Å². The monoisotopic (exact) mass is 247 g/mol. The molecule has 0 saturated carbocycles. The molecular formula is C15H21NO2. The van der Waals surface area contributed by atoms with Crippen molar-refractivity contribution < 1.29 is 9.47 Å². The number of nitriles is 1. The topological polar surface area (TPSA) is 42.2 Å². The maximum Gasteiger partial charge on any atom is 0.137 e. The van der Waals surface area contributed by atoms with Gasteiger partial charge in [0.25, 0.3) is 0 Å². The lowest BCUT2D eigenvalue weighted by Gasteiger charge is -2.15. The quantitative estimate of drug-likeness (QED) is 0.694. The SMILES string of the molecule is CC(C)CC(C)OCCOc1ccccc1C#N. The van der Waals surface area contributed by atoms with Gasteiger partial charge >= 0.3 is 0 Å². The predicted octanol–water partition coefficient (Wildman–Crippen LogP) is 3.39. The average Bonchev–Trinajstić information content (AvgIpc) is 2.34. The zero-order chi connectivity index (χ0) is 13.4. The average molecular weight is 247 g/mol. The Hall–Kier alpha value is -1.53. The van der Waals surface area contributed by atoms with Crippen molar-refractivity contribution in [2.24, 2.45) is 5.92 Å². The van der Waals surface area contributed by atoms with Gasteiger partial charge in [-0.25, -0.2) is 0 Å². The van der Waals surface area contributed by atoms with E-state index in [4.69, 9.17) is 14.7 Å². The lowest BCUT2D eigenvalue weighted by Crippen LogP contribution is -2.16. The molecule has 0 fully saturated rings. The zero-order valence-electron chi connectivity index (χ0n) is 11.3. The maximum absolute atomic E-state index is 8.90. The molecule has 0 amide bonds. The van der Waals surface area contributed by atoms with Crippen LogP contribution in [-0.2, 0) is 4.74 Å². The van der Waals surface area contributed by atoms with Gasteiger partial charge in [-0.15, -0.1) is 0 Å². The van der Waals surface area contributed by atoms with E-state index < -0.39 is 0 Å². The number of para-hydroxylation sites is 1. The summed E-state index contributed by atoms with van der Waals surface area (Å²) in [7, 11) is 0. The van der Waals surface area contributed by atoms with Gasteiger partial charge in [-0.05, 0) is 31.4 Å². The summed E-state index contributed by atoms with van der Waals surface area (Å²) < 4.78 is 11.2. The Kier molecular flexibility index (Phi) is 6.24. The second-order valence-electron chi connectivity index (χ2n) is 4.77. The van der Waals surface area contributed by atoms with E-state index in [0.29, 0.717) is 30.4 Å². The predicted molar refractivity (Wildman–Crippen MR) is 71.5 cm³/mol. The third-order valence-electron chi connectivity index (χ3n) is 2.55. The van der Waals surface area contributed by atoms with Crippen LogP contribution in [0.5, 0.6) is 5.75 Å². The summed E-state index contributed by atoms with van der Waals surface area (Å²) in [4.78, 5) is 0. The Morgan fingerprint density at radius 2 is 1.89 bits per heavy atom. The van der Waals surface area contributed by atoms with Crippen LogP contribution in [0.15, 0.2) is 24.3 Å². The van der Waals surface area contributed by atoms with Gasteiger partial charge in [0.1, 0.15) is 18.4 Å². The van der Waals surface area contributed by atoms with Crippen LogP contribution in [0.3, 0.4) is 0 Å². The van der Waals surface area contributed by atoms with E-state index in [1.165, 1.54) is 0 Å². The summed E-state index contributed by atoms with van der Waals surface area (Å²) in [5, 5.41) is 8.90. The fraction of sp³-hybridized carbons (Fsp3) is 0.533. The molecular weight excluding hydrogens is 226 g/mol. The van der Waals surface area contributed by atoms with Gasteiger partial charge in [-0.1, -0.05) is 26.0 Å². The first kappa shape index (κ1) is 14.5. The highest BCUT2D eigenvalue weighted by Crippen LogP contribution is 2.16. The fourth-order valence-electron chi connectivity index (χ4n) is 1.82. The first-order valence-electron chi connectivity index (χ1n) is 6.37. The molecule has 0 N–H and O–H groups in total. The van der Waals surface area contributed by atoms with Crippen LogP contribution in [0.25, 0.3) is 0 Å². The molecule has 0 saturated heterocycles. The molecule has 1 aromatic rings. The molecule has 0 spiro atoms. The molecule has 1 unspecified atom stereocenters. The summed E-state index contributed by atoms with van der Waals surface area (Å²) in [6.07, 6.45) is 1.30. The van der Waals surface area contributed by atoms with Crippen molar-refractivity contribution in [3.8, 4) is 11.8 Å².